The summed E-state index contributed by atoms with van der Waals surface area (Å²) in [5, 5.41) is 8.45. The van der Waals surface area contributed by atoms with Crippen molar-refractivity contribution in [3.05, 3.63) is 70.3 Å². The van der Waals surface area contributed by atoms with Crippen LogP contribution in [-0.4, -0.2) is 52.0 Å². The number of thioether (sulfide) groups is 1. The quantitative estimate of drug-likeness (QED) is 0.456. The van der Waals surface area contributed by atoms with E-state index in [1.807, 2.05) is 13.0 Å². The normalized spacial score (nSPS) is 22.8. The van der Waals surface area contributed by atoms with Crippen molar-refractivity contribution >= 4 is 45.9 Å². The number of pyridine rings is 1. The summed E-state index contributed by atoms with van der Waals surface area (Å²) in [6.07, 6.45) is 1.89. The molecule has 198 valence electrons. The number of ether oxygens (including phenoxy) is 2. The number of aliphatic imine (C=N–C) groups is 1. The van der Waals surface area contributed by atoms with E-state index in [9.17, 15) is 18.4 Å². The summed E-state index contributed by atoms with van der Waals surface area (Å²) in [7, 11) is 0. The van der Waals surface area contributed by atoms with Crippen LogP contribution in [0.25, 0.3) is 0 Å². The summed E-state index contributed by atoms with van der Waals surface area (Å²) in [4.78, 5) is 38.9. The number of rotatable bonds is 6. The van der Waals surface area contributed by atoms with E-state index in [1.165, 1.54) is 35.2 Å². The first kappa shape index (κ1) is 26.2. The number of nitrogens with zero attached hydrogens (tertiary/aromatic N) is 3. The number of benzene rings is 1. The second kappa shape index (κ2) is 11.1. The van der Waals surface area contributed by atoms with Gasteiger partial charge in [-0.05, 0) is 37.6 Å². The third-order valence-corrected chi connectivity index (χ3v) is 8.21. The molecule has 3 atom stereocenters. The summed E-state index contributed by atoms with van der Waals surface area (Å²) < 4.78 is 35.0. The van der Waals surface area contributed by atoms with Gasteiger partial charge in [-0.25, -0.2) is 15.0 Å². The molecule has 1 saturated heterocycles. The molecule has 9 nitrogen and oxygen atoms in total. The van der Waals surface area contributed by atoms with Crippen LogP contribution < -0.4 is 15.4 Å². The Morgan fingerprint density at radius 3 is 2.71 bits per heavy atom. The van der Waals surface area contributed by atoms with Gasteiger partial charge in [0.05, 0.1) is 18.9 Å². The Morgan fingerprint density at radius 1 is 1.16 bits per heavy atom. The fraction of sp³-hybridized carbons (Fsp3) is 0.320. The van der Waals surface area contributed by atoms with Gasteiger partial charge in [0.15, 0.2) is 5.17 Å². The Bertz CT molecular complexity index is 1340. The molecule has 5 rings (SSSR count). The Kier molecular flexibility index (Phi) is 7.68. The fourth-order valence-electron chi connectivity index (χ4n) is 4.28. The van der Waals surface area contributed by atoms with E-state index in [-0.39, 0.29) is 36.0 Å². The average molecular weight is 560 g/mol. The van der Waals surface area contributed by atoms with Crippen LogP contribution in [0.5, 0.6) is 5.75 Å². The van der Waals surface area contributed by atoms with Gasteiger partial charge in [0, 0.05) is 22.6 Å². The van der Waals surface area contributed by atoms with E-state index in [0.29, 0.717) is 21.6 Å². The van der Waals surface area contributed by atoms with Crippen LogP contribution in [0.1, 0.15) is 39.2 Å². The first-order valence-electron chi connectivity index (χ1n) is 11.7. The molecule has 1 fully saturated rings. The molecular formula is C25H23F2N5O4S2. The lowest BCUT2D eigenvalue weighted by Crippen LogP contribution is -2.50. The number of anilines is 1. The van der Waals surface area contributed by atoms with Crippen molar-refractivity contribution in [2.45, 2.75) is 31.6 Å². The second-order valence-electron chi connectivity index (χ2n) is 8.78. The van der Waals surface area contributed by atoms with Gasteiger partial charge in [-0.3, -0.25) is 9.59 Å². The van der Waals surface area contributed by atoms with E-state index in [4.69, 9.17) is 9.73 Å². The minimum atomic E-state index is -2.98. The maximum atomic E-state index is 12.8. The molecule has 38 heavy (non-hydrogen) atoms. The van der Waals surface area contributed by atoms with Crippen molar-refractivity contribution in [2.24, 2.45) is 10.9 Å². The predicted octanol–water partition coefficient (Wildman–Crippen LogP) is 4.54. The predicted molar refractivity (Wildman–Crippen MR) is 140 cm³/mol. The van der Waals surface area contributed by atoms with Crippen LogP contribution in [0.4, 0.5) is 14.6 Å². The van der Waals surface area contributed by atoms with Crippen LogP contribution in [0, 0.1) is 5.92 Å². The highest BCUT2D eigenvalue weighted by molar-refractivity contribution is 8.13. The molecule has 13 heteroatoms. The lowest BCUT2D eigenvalue weighted by Gasteiger charge is -2.44. The summed E-state index contributed by atoms with van der Waals surface area (Å²) in [5.74, 6) is 0.200. The third kappa shape index (κ3) is 5.69. The number of carbonyl (C=O) groups is 2. The molecule has 0 bridgehead atoms. The topological polar surface area (TPSA) is 115 Å². The van der Waals surface area contributed by atoms with E-state index in [1.54, 1.807) is 29.6 Å². The molecule has 1 unspecified atom stereocenters. The van der Waals surface area contributed by atoms with Crippen LogP contribution in [0.2, 0.25) is 0 Å². The second-order valence-corrected chi connectivity index (χ2v) is 10.6. The number of alkyl halides is 2. The Labute approximate surface area is 225 Å². The number of thiazole rings is 1. The molecule has 2 aliphatic heterocycles. The number of carbonyl (C=O) groups excluding carboxylic acids is 2. The fourth-order valence-corrected chi connectivity index (χ4v) is 6.40. The average Bonchev–Trinajstić information content (AvgIpc) is 3.38. The molecule has 4 heterocycles. The number of fused-ring (bicyclic) bond motifs is 1. The first-order chi connectivity index (χ1) is 18.3. The largest absolute Gasteiger partial charge is 0.433 e. The molecule has 1 aromatic carbocycles. The van der Waals surface area contributed by atoms with Crippen molar-refractivity contribution in [3.8, 4) is 5.75 Å². The van der Waals surface area contributed by atoms with Gasteiger partial charge in [0.25, 0.3) is 11.8 Å². The van der Waals surface area contributed by atoms with Crippen LogP contribution in [0.15, 0.2) is 59.0 Å². The molecule has 2 aliphatic rings. The highest BCUT2D eigenvalue weighted by atomic mass is 32.2. The highest BCUT2D eigenvalue weighted by Crippen LogP contribution is 2.47. The number of aromatic nitrogens is 2. The minimum Gasteiger partial charge on any atom is -0.433 e. The van der Waals surface area contributed by atoms with E-state index in [0.717, 1.165) is 18.4 Å². The lowest BCUT2D eigenvalue weighted by molar-refractivity contribution is -0.0500. The lowest BCUT2D eigenvalue weighted by atomic mass is 9.80. The smallest absolute Gasteiger partial charge is 0.387 e. The number of nitrogens with one attached hydrogen (secondary N) is 2. The Morgan fingerprint density at radius 2 is 1.97 bits per heavy atom. The highest BCUT2D eigenvalue weighted by Gasteiger charge is 2.49. The molecule has 0 spiro atoms. The molecule has 0 radical (unpaired) electrons. The monoisotopic (exact) mass is 559 g/mol. The molecule has 2 amide bonds. The van der Waals surface area contributed by atoms with Gasteiger partial charge in [0.2, 0.25) is 0 Å². The molecule has 0 saturated carbocycles. The zero-order valence-electron chi connectivity index (χ0n) is 20.1. The SMILES string of the molecule is C[C@H]1C[C@H]2CSC(NC(=O)c3ccccc3)=NC2(c2nc(NC(=O)c3ccc(OC(F)F)cn3)cs2)CO1. The number of hydrogen-bond donors (Lipinski definition) is 2. The van der Waals surface area contributed by atoms with E-state index in [2.05, 4.69) is 25.3 Å². The molecule has 2 N–H and O–H groups in total. The zero-order valence-corrected chi connectivity index (χ0v) is 21.7. The Balaban J connectivity index is 1.36. The van der Waals surface area contributed by atoms with E-state index < -0.39 is 18.1 Å². The molecular weight excluding hydrogens is 536 g/mol. The third-order valence-electron chi connectivity index (χ3n) is 6.17. The molecule has 3 aromatic rings. The van der Waals surface area contributed by atoms with Gasteiger partial charge in [-0.1, -0.05) is 30.0 Å². The number of hydrogen-bond acceptors (Lipinski definition) is 9. The maximum absolute atomic E-state index is 12.8. The van der Waals surface area contributed by atoms with Crippen LogP contribution >= 0.6 is 23.1 Å². The number of amidine groups is 1. The van der Waals surface area contributed by atoms with Crippen molar-refractivity contribution < 1.29 is 27.8 Å². The Hall–Kier alpha value is -3.42. The van der Waals surface area contributed by atoms with Crippen molar-refractivity contribution in [1.82, 2.24) is 15.3 Å². The van der Waals surface area contributed by atoms with Gasteiger partial charge in [0.1, 0.15) is 27.8 Å². The summed E-state index contributed by atoms with van der Waals surface area (Å²) in [6.45, 7) is -0.672. The van der Waals surface area contributed by atoms with Crippen molar-refractivity contribution in [1.29, 1.82) is 0 Å². The van der Waals surface area contributed by atoms with E-state index >= 15 is 0 Å². The summed E-state index contributed by atoms with van der Waals surface area (Å²) in [5.41, 5.74) is -0.260. The minimum absolute atomic E-state index is 0.0185. The first-order valence-corrected chi connectivity index (χ1v) is 13.6. The van der Waals surface area contributed by atoms with Gasteiger partial charge >= 0.3 is 6.61 Å². The van der Waals surface area contributed by atoms with Gasteiger partial charge in [-0.2, -0.15) is 8.78 Å². The molecule has 0 aliphatic carbocycles. The number of halogens is 2. The zero-order chi connectivity index (χ0) is 26.7. The van der Waals surface area contributed by atoms with Crippen molar-refractivity contribution in [3.63, 3.8) is 0 Å². The standard InChI is InChI=1S/C25H23F2N5O4S2/c1-14-9-16-11-38-24(31-20(33)15-5-3-2-4-6-15)32-25(16,13-35-14)22-30-19(12-37-22)29-21(34)18-8-7-17(10-28-18)36-23(26)27/h2-8,10,12,14,16,23H,9,11,13H2,1H3,(H,29,34)(H,31,32,33)/t14-,16-,25?/m0/s1. The van der Waals surface area contributed by atoms with Crippen molar-refractivity contribution in [2.75, 3.05) is 17.7 Å². The molecule has 2 aromatic heterocycles. The maximum Gasteiger partial charge on any atom is 0.387 e. The van der Waals surface area contributed by atoms with Crippen LogP contribution in [0.3, 0.4) is 0 Å². The summed E-state index contributed by atoms with van der Waals surface area (Å²) >= 11 is 2.83. The van der Waals surface area contributed by atoms with Gasteiger partial charge in [-0.15, -0.1) is 11.3 Å². The van der Waals surface area contributed by atoms with Crippen LogP contribution in [-0.2, 0) is 10.3 Å². The number of amides is 2. The summed E-state index contributed by atoms with van der Waals surface area (Å²) in [6, 6.07) is 11.4. The van der Waals surface area contributed by atoms with Gasteiger partial charge < -0.3 is 20.1 Å².